The van der Waals surface area contributed by atoms with E-state index in [9.17, 15) is 0 Å². The van der Waals surface area contributed by atoms with Gasteiger partial charge in [-0.2, -0.15) is 5.10 Å². The van der Waals surface area contributed by atoms with Crippen LogP contribution in [0.5, 0.6) is 0 Å². The number of likely N-dealkylation sites (tertiary alicyclic amines) is 1. The van der Waals surface area contributed by atoms with Crippen LogP contribution in [0, 0.1) is 0 Å². The summed E-state index contributed by atoms with van der Waals surface area (Å²) in [5.74, 6) is 1.05. The van der Waals surface area contributed by atoms with Crippen molar-refractivity contribution in [2.24, 2.45) is 0 Å². The van der Waals surface area contributed by atoms with Crippen LogP contribution in [0.4, 0.5) is 0 Å². The van der Waals surface area contributed by atoms with E-state index >= 15 is 0 Å². The van der Waals surface area contributed by atoms with E-state index in [1.165, 1.54) is 38.9 Å². The lowest BCUT2D eigenvalue weighted by Gasteiger charge is -2.14. The minimum Gasteiger partial charge on any atom is -0.310 e. The van der Waals surface area contributed by atoms with Gasteiger partial charge in [0.2, 0.25) is 0 Å². The zero-order chi connectivity index (χ0) is 12.6. The van der Waals surface area contributed by atoms with Gasteiger partial charge in [-0.15, -0.1) is 0 Å². The molecule has 0 aliphatic carbocycles. The lowest BCUT2D eigenvalue weighted by atomic mass is 10.4. The van der Waals surface area contributed by atoms with Crippen LogP contribution in [0.25, 0.3) is 0 Å². The van der Waals surface area contributed by atoms with Crippen molar-refractivity contribution in [1.29, 1.82) is 0 Å². The molecule has 1 N–H and O–H groups in total. The van der Waals surface area contributed by atoms with E-state index in [1.54, 1.807) is 6.33 Å². The summed E-state index contributed by atoms with van der Waals surface area (Å²) in [6.07, 6.45) is 6.74. The third-order valence-corrected chi connectivity index (χ3v) is 3.44. The molecule has 0 spiro atoms. The fourth-order valence-electron chi connectivity index (χ4n) is 2.46. The quantitative estimate of drug-likeness (QED) is 0.707. The lowest BCUT2D eigenvalue weighted by molar-refractivity contribution is 0.330. The molecule has 2 heterocycles. The minimum absolute atomic E-state index is 0.833. The van der Waals surface area contributed by atoms with E-state index in [0.717, 1.165) is 31.9 Å². The highest BCUT2D eigenvalue weighted by atomic mass is 15.3. The summed E-state index contributed by atoms with van der Waals surface area (Å²) in [6, 6.07) is 0. The first-order valence-corrected chi connectivity index (χ1v) is 7.20. The van der Waals surface area contributed by atoms with Gasteiger partial charge in [-0.05, 0) is 51.9 Å². The highest BCUT2D eigenvalue weighted by molar-refractivity contribution is 4.83. The first-order valence-electron chi connectivity index (χ1n) is 7.20. The van der Waals surface area contributed by atoms with Gasteiger partial charge in [0.15, 0.2) is 0 Å². The Morgan fingerprint density at radius 1 is 1.28 bits per heavy atom. The topological polar surface area (TPSA) is 46.0 Å². The molecular weight excluding hydrogens is 226 g/mol. The number of aryl methyl sites for hydroxylation is 1. The normalized spacial score (nSPS) is 16.5. The van der Waals surface area contributed by atoms with Crippen LogP contribution in [0.2, 0.25) is 0 Å². The van der Waals surface area contributed by atoms with Crippen molar-refractivity contribution in [2.75, 3.05) is 26.2 Å². The number of aromatic nitrogens is 3. The van der Waals surface area contributed by atoms with E-state index in [1.807, 2.05) is 4.68 Å². The molecule has 1 aromatic heterocycles. The van der Waals surface area contributed by atoms with Crippen molar-refractivity contribution < 1.29 is 0 Å². The summed E-state index contributed by atoms with van der Waals surface area (Å²) in [7, 11) is 0. The van der Waals surface area contributed by atoms with Gasteiger partial charge in [0, 0.05) is 6.54 Å². The third kappa shape index (κ3) is 4.07. The molecule has 0 unspecified atom stereocenters. The van der Waals surface area contributed by atoms with Crippen LogP contribution in [-0.2, 0) is 13.1 Å². The maximum absolute atomic E-state index is 4.29. The molecule has 0 atom stereocenters. The monoisotopic (exact) mass is 251 g/mol. The van der Waals surface area contributed by atoms with Crippen molar-refractivity contribution in [3.63, 3.8) is 0 Å². The molecule has 0 radical (unpaired) electrons. The molecule has 0 saturated carbocycles. The molecule has 102 valence electrons. The van der Waals surface area contributed by atoms with Gasteiger partial charge in [0.25, 0.3) is 0 Å². The fourth-order valence-corrected chi connectivity index (χ4v) is 2.46. The van der Waals surface area contributed by atoms with Gasteiger partial charge in [0.1, 0.15) is 12.2 Å². The van der Waals surface area contributed by atoms with Gasteiger partial charge >= 0.3 is 0 Å². The Kier molecular flexibility index (Phi) is 5.61. The number of nitrogens with one attached hydrogen (secondary N) is 1. The van der Waals surface area contributed by atoms with Gasteiger partial charge in [-0.25, -0.2) is 9.67 Å². The number of hydrogen-bond acceptors (Lipinski definition) is 4. The first kappa shape index (κ1) is 13.5. The van der Waals surface area contributed by atoms with Gasteiger partial charge < -0.3 is 10.2 Å². The maximum atomic E-state index is 4.29. The molecule has 1 aromatic rings. The summed E-state index contributed by atoms with van der Waals surface area (Å²) in [4.78, 5) is 6.85. The van der Waals surface area contributed by atoms with Crippen LogP contribution in [0.1, 0.15) is 38.4 Å². The predicted molar refractivity (Wildman–Crippen MR) is 72.3 cm³/mol. The minimum atomic E-state index is 0.833. The van der Waals surface area contributed by atoms with Crippen molar-refractivity contribution in [3.05, 3.63) is 12.2 Å². The Morgan fingerprint density at radius 3 is 2.89 bits per heavy atom. The zero-order valence-electron chi connectivity index (χ0n) is 11.4. The second kappa shape index (κ2) is 7.48. The Balaban J connectivity index is 1.58. The standard InChI is InChI=1S/C13H25N5/c1-2-7-18-13(15-12-16-18)11-14-6-5-10-17-8-3-4-9-17/h12,14H,2-11H2,1H3. The Bertz CT molecular complexity index is 330. The highest BCUT2D eigenvalue weighted by Crippen LogP contribution is 2.06. The van der Waals surface area contributed by atoms with Crippen molar-refractivity contribution >= 4 is 0 Å². The van der Waals surface area contributed by atoms with Crippen LogP contribution >= 0.6 is 0 Å². The molecule has 18 heavy (non-hydrogen) atoms. The average Bonchev–Trinajstić information content (AvgIpc) is 3.01. The summed E-state index contributed by atoms with van der Waals surface area (Å²) in [5, 5.41) is 7.69. The lowest BCUT2D eigenvalue weighted by Crippen LogP contribution is -2.25. The number of hydrogen-bond donors (Lipinski definition) is 1. The zero-order valence-corrected chi connectivity index (χ0v) is 11.4. The van der Waals surface area contributed by atoms with Crippen molar-refractivity contribution in [3.8, 4) is 0 Å². The highest BCUT2D eigenvalue weighted by Gasteiger charge is 2.10. The summed E-state index contributed by atoms with van der Waals surface area (Å²) in [5.41, 5.74) is 0. The van der Waals surface area contributed by atoms with Crippen LogP contribution in [0.15, 0.2) is 6.33 Å². The second-order valence-corrected chi connectivity index (χ2v) is 4.98. The van der Waals surface area contributed by atoms with Gasteiger partial charge in [0.05, 0.1) is 6.54 Å². The van der Waals surface area contributed by atoms with E-state index in [0.29, 0.717) is 0 Å². The Labute approximate surface area is 110 Å². The van der Waals surface area contributed by atoms with Crippen LogP contribution in [0.3, 0.4) is 0 Å². The Hall–Kier alpha value is -0.940. The van der Waals surface area contributed by atoms with Crippen LogP contribution in [-0.4, -0.2) is 45.8 Å². The second-order valence-electron chi connectivity index (χ2n) is 4.98. The number of nitrogens with zero attached hydrogens (tertiary/aromatic N) is 4. The predicted octanol–water partition coefficient (Wildman–Crippen LogP) is 1.26. The SMILES string of the molecule is CCCn1ncnc1CNCCCN1CCCC1. The molecule has 2 rings (SSSR count). The largest absolute Gasteiger partial charge is 0.310 e. The number of rotatable bonds is 8. The molecule has 1 aliphatic heterocycles. The summed E-state index contributed by atoms with van der Waals surface area (Å²) < 4.78 is 1.99. The third-order valence-electron chi connectivity index (χ3n) is 3.44. The molecular formula is C13H25N5. The van der Waals surface area contributed by atoms with Gasteiger partial charge in [-0.3, -0.25) is 0 Å². The first-order chi connectivity index (χ1) is 8.90. The van der Waals surface area contributed by atoms with E-state index < -0.39 is 0 Å². The van der Waals surface area contributed by atoms with Crippen molar-refractivity contribution in [1.82, 2.24) is 25.0 Å². The Morgan fingerprint density at radius 2 is 2.11 bits per heavy atom. The molecule has 0 bridgehead atoms. The molecule has 1 saturated heterocycles. The van der Waals surface area contributed by atoms with E-state index in [2.05, 4.69) is 27.2 Å². The molecule has 0 amide bonds. The molecule has 5 nitrogen and oxygen atoms in total. The smallest absolute Gasteiger partial charge is 0.140 e. The van der Waals surface area contributed by atoms with Crippen molar-refractivity contribution in [2.45, 2.75) is 45.7 Å². The molecule has 1 aliphatic rings. The molecule has 0 aromatic carbocycles. The molecule has 5 heteroatoms. The van der Waals surface area contributed by atoms with E-state index in [4.69, 9.17) is 0 Å². The fraction of sp³-hybridized carbons (Fsp3) is 0.846. The maximum Gasteiger partial charge on any atom is 0.140 e. The summed E-state index contributed by atoms with van der Waals surface area (Å²) >= 11 is 0. The van der Waals surface area contributed by atoms with Gasteiger partial charge in [-0.1, -0.05) is 6.92 Å². The average molecular weight is 251 g/mol. The van der Waals surface area contributed by atoms with Crippen LogP contribution < -0.4 is 5.32 Å². The summed E-state index contributed by atoms with van der Waals surface area (Å²) in [6.45, 7) is 8.85. The van der Waals surface area contributed by atoms with E-state index in [-0.39, 0.29) is 0 Å². The molecule has 1 fully saturated rings.